The van der Waals surface area contributed by atoms with E-state index in [1.807, 2.05) is 0 Å². The van der Waals surface area contributed by atoms with E-state index in [1.54, 1.807) is 19.1 Å². The highest BCUT2D eigenvalue weighted by Gasteiger charge is 2.40. The number of hydrogen-bond donors (Lipinski definition) is 1. The second-order valence-corrected chi connectivity index (χ2v) is 6.40. The number of hydrogen-bond acceptors (Lipinski definition) is 4. The van der Waals surface area contributed by atoms with Crippen LogP contribution in [0.4, 0.5) is 13.2 Å². The molecule has 0 aliphatic heterocycles. The highest BCUT2D eigenvalue weighted by atomic mass is 35.5. The normalized spacial score (nSPS) is 13.7. The highest BCUT2D eigenvalue weighted by molar-refractivity contribution is 6.35. The number of alkyl halides is 3. The molecule has 0 saturated carbocycles. The van der Waals surface area contributed by atoms with E-state index in [0.717, 1.165) is 6.20 Å². The Morgan fingerprint density at radius 2 is 1.88 bits per heavy atom. The van der Waals surface area contributed by atoms with Gasteiger partial charge in [0.15, 0.2) is 10.9 Å². The van der Waals surface area contributed by atoms with E-state index < -0.39 is 28.8 Å². The van der Waals surface area contributed by atoms with Crippen LogP contribution in [0.25, 0.3) is 0 Å². The minimum atomic E-state index is -4.82. The van der Waals surface area contributed by atoms with Crippen molar-refractivity contribution in [3.8, 4) is 0 Å². The predicted octanol–water partition coefficient (Wildman–Crippen LogP) is 5.71. The summed E-state index contributed by atoms with van der Waals surface area (Å²) in [7, 11) is 0. The molecule has 0 aliphatic carbocycles. The summed E-state index contributed by atoms with van der Waals surface area (Å²) in [6, 6.07) is 3.99. The molecule has 1 atom stereocenters. The Morgan fingerprint density at radius 1 is 1.20 bits per heavy atom. The van der Waals surface area contributed by atoms with Gasteiger partial charge in [-0.05, 0) is 24.6 Å². The van der Waals surface area contributed by atoms with Crippen LogP contribution in [0, 0.1) is 0 Å². The molecule has 0 saturated heterocycles. The zero-order valence-electron chi connectivity index (χ0n) is 12.4. The molecule has 0 unspecified atom stereocenters. The number of nitrogens with zero attached hydrogens (tertiary/aromatic N) is 3. The van der Waals surface area contributed by atoms with Crippen molar-refractivity contribution in [3.05, 3.63) is 56.0 Å². The van der Waals surface area contributed by atoms with Crippen LogP contribution in [0.1, 0.15) is 24.2 Å². The topological polar surface area (TPSA) is 50.2 Å². The van der Waals surface area contributed by atoms with Crippen LogP contribution in [0.15, 0.2) is 29.5 Å². The zero-order chi connectivity index (χ0) is 18.8. The molecule has 0 aliphatic rings. The van der Waals surface area contributed by atoms with Crippen molar-refractivity contribution >= 4 is 52.1 Å². The van der Waals surface area contributed by atoms with Gasteiger partial charge >= 0.3 is 6.18 Å². The Kier molecular flexibility index (Phi) is 6.37. The number of halogens is 7. The predicted molar refractivity (Wildman–Crippen MR) is 92.7 cm³/mol. The molecular formula is C14H9Cl4F3N4. The van der Waals surface area contributed by atoms with Crippen molar-refractivity contribution in [3.63, 3.8) is 0 Å². The first-order valence-corrected chi connectivity index (χ1v) is 8.14. The number of rotatable bonds is 4. The molecule has 0 fully saturated rings. The number of aromatic nitrogens is 2. The molecule has 1 N–H and O–H groups in total. The fraction of sp³-hybridized carbons (Fsp3) is 0.214. The summed E-state index contributed by atoms with van der Waals surface area (Å²) < 4.78 is 39.9. The summed E-state index contributed by atoms with van der Waals surface area (Å²) in [6.45, 7) is 1.59. The molecule has 0 spiro atoms. The Morgan fingerprint density at radius 3 is 2.44 bits per heavy atom. The van der Waals surface area contributed by atoms with Crippen LogP contribution < -0.4 is 5.43 Å². The van der Waals surface area contributed by atoms with Gasteiger partial charge in [0.1, 0.15) is 10.8 Å². The molecule has 2 rings (SSSR count). The van der Waals surface area contributed by atoms with E-state index in [4.69, 9.17) is 46.4 Å². The van der Waals surface area contributed by atoms with Crippen molar-refractivity contribution in [1.82, 2.24) is 15.4 Å². The molecule has 2 aromatic rings. The van der Waals surface area contributed by atoms with E-state index >= 15 is 0 Å². The van der Waals surface area contributed by atoms with Crippen molar-refractivity contribution in [1.29, 1.82) is 0 Å². The molecule has 134 valence electrons. The van der Waals surface area contributed by atoms with Crippen LogP contribution in [0.2, 0.25) is 20.4 Å². The molecule has 1 aromatic heterocycles. The van der Waals surface area contributed by atoms with Crippen molar-refractivity contribution in [2.24, 2.45) is 5.10 Å². The average molecular weight is 432 g/mol. The van der Waals surface area contributed by atoms with Crippen LogP contribution in [0.5, 0.6) is 0 Å². The van der Waals surface area contributed by atoms with Crippen LogP contribution in [-0.4, -0.2) is 21.9 Å². The van der Waals surface area contributed by atoms with E-state index in [-0.39, 0.29) is 5.15 Å². The molecule has 11 heteroatoms. The van der Waals surface area contributed by atoms with Crippen molar-refractivity contribution in [2.45, 2.75) is 19.1 Å². The number of benzene rings is 1. The third-order valence-corrected chi connectivity index (χ3v) is 4.00. The maximum Gasteiger partial charge on any atom is 0.437 e. The second-order valence-electron chi connectivity index (χ2n) is 4.81. The zero-order valence-corrected chi connectivity index (χ0v) is 15.4. The van der Waals surface area contributed by atoms with Gasteiger partial charge in [-0.25, -0.2) is 9.97 Å². The van der Waals surface area contributed by atoms with Crippen LogP contribution >= 0.6 is 46.4 Å². The molecule has 1 heterocycles. The lowest BCUT2D eigenvalue weighted by Crippen LogP contribution is -2.29. The molecule has 0 radical (unpaired) electrons. The maximum atomic E-state index is 13.3. The van der Waals surface area contributed by atoms with Gasteiger partial charge in [0.25, 0.3) is 0 Å². The fourth-order valence-electron chi connectivity index (χ4n) is 1.84. The Labute approximate surface area is 161 Å². The maximum absolute atomic E-state index is 13.3. The first kappa shape index (κ1) is 20.0. The highest BCUT2D eigenvalue weighted by Crippen LogP contribution is 2.28. The van der Waals surface area contributed by atoms with Crippen molar-refractivity contribution in [2.75, 3.05) is 0 Å². The van der Waals surface area contributed by atoms with E-state index in [2.05, 4.69) is 20.5 Å². The third-order valence-electron chi connectivity index (χ3n) is 2.99. The molecular weight excluding hydrogens is 423 g/mol. The lowest BCUT2D eigenvalue weighted by atomic mass is 10.1. The molecule has 4 nitrogen and oxygen atoms in total. The fourth-order valence-corrected chi connectivity index (χ4v) is 2.82. The van der Waals surface area contributed by atoms with E-state index in [9.17, 15) is 13.2 Å². The molecule has 0 bridgehead atoms. The lowest BCUT2D eigenvalue weighted by Gasteiger charge is -2.16. The molecule has 25 heavy (non-hydrogen) atoms. The van der Waals surface area contributed by atoms with Crippen molar-refractivity contribution < 1.29 is 13.2 Å². The average Bonchev–Trinajstić information content (AvgIpc) is 2.47. The SMILES string of the molecule is C[C@@H](NN=C(c1ncc(Cl)nc1Cl)C(F)(F)F)c1ccc(Cl)cc1Cl. The smallest absolute Gasteiger partial charge is 0.302 e. The van der Waals surface area contributed by atoms with Gasteiger partial charge in [0.05, 0.1) is 12.2 Å². The van der Waals surface area contributed by atoms with Gasteiger partial charge in [0.2, 0.25) is 0 Å². The largest absolute Gasteiger partial charge is 0.437 e. The van der Waals surface area contributed by atoms with Crippen LogP contribution in [-0.2, 0) is 0 Å². The summed E-state index contributed by atoms with van der Waals surface area (Å²) in [5.74, 6) is 0. The van der Waals surface area contributed by atoms with Gasteiger partial charge < -0.3 is 5.43 Å². The van der Waals surface area contributed by atoms with Gasteiger partial charge in [-0.15, -0.1) is 0 Å². The summed E-state index contributed by atoms with van der Waals surface area (Å²) in [5, 5.41) is 3.47. The summed E-state index contributed by atoms with van der Waals surface area (Å²) in [6.07, 6.45) is -3.87. The Balaban J connectivity index is 2.35. The van der Waals surface area contributed by atoms with Gasteiger partial charge in [-0.2, -0.15) is 18.3 Å². The summed E-state index contributed by atoms with van der Waals surface area (Å²) in [4.78, 5) is 7.10. The number of nitrogens with one attached hydrogen (secondary N) is 1. The standard InChI is InChI=1S/C14H9Cl4F3N4/c1-6(8-3-2-7(15)4-9(8)16)24-25-12(14(19,20)21)11-13(18)23-10(17)5-22-11/h2-6,24H,1H3/t6-/m1/s1. The van der Waals surface area contributed by atoms with Gasteiger partial charge in [-0.3, -0.25) is 0 Å². The second kappa shape index (κ2) is 7.95. The Bertz CT molecular complexity index is 811. The first-order chi connectivity index (χ1) is 11.6. The minimum Gasteiger partial charge on any atom is -0.302 e. The van der Waals surface area contributed by atoms with E-state index in [1.165, 1.54) is 6.07 Å². The molecule has 0 amide bonds. The summed E-state index contributed by atoms with van der Waals surface area (Å²) in [5.41, 5.74) is 0.932. The van der Waals surface area contributed by atoms with Gasteiger partial charge in [-0.1, -0.05) is 52.5 Å². The quantitative estimate of drug-likeness (QED) is 0.498. The van der Waals surface area contributed by atoms with Gasteiger partial charge in [0, 0.05) is 10.0 Å². The monoisotopic (exact) mass is 430 g/mol. The number of hydrazone groups is 1. The first-order valence-electron chi connectivity index (χ1n) is 6.63. The minimum absolute atomic E-state index is 0.135. The Hall–Kier alpha value is -1.28. The van der Waals surface area contributed by atoms with Crippen LogP contribution in [0.3, 0.4) is 0 Å². The van der Waals surface area contributed by atoms with E-state index in [0.29, 0.717) is 15.6 Å². The lowest BCUT2D eigenvalue weighted by molar-refractivity contribution is -0.0587. The summed E-state index contributed by atoms with van der Waals surface area (Å²) >= 11 is 23.1. The molecule has 1 aromatic carbocycles. The third kappa shape index (κ3) is 5.10.